The number of thiophene rings is 1. The summed E-state index contributed by atoms with van der Waals surface area (Å²) in [6.07, 6.45) is 7.28. The SMILES string of the molecule is [C-]#[N+]/C(C#N)=C\C=C\c1cc2c(s1)-c1ncc(N(c3cc(C)c(C)c(C)c3)c3ccc4ccccc4c3)cc1C2(C)C. The maximum Gasteiger partial charge on any atom is 0.261 e. The van der Waals surface area contributed by atoms with Gasteiger partial charge < -0.3 is 4.90 Å². The van der Waals surface area contributed by atoms with Crippen molar-refractivity contribution in [1.82, 2.24) is 4.98 Å². The van der Waals surface area contributed by atoms with Crippen molar-refractivity contribution in [3.05, 3.63) is 135 Å². The standard InChI is InChI=1S/C37H30N4S/c1-23-16-30(17-24(2)25(23)3)41(29-15-14-26-10-7-8-11-27(26)18-29)31-19-33-35(40-22-31)36-34(37(33,4)5)20-32(42-36)13-9-12-28(21-38)39-6/h7-20,22H,1-5H3/b13-9+,28-12-. The zero-order valence-electron chi connectivity index (χ0n) is 24.4. The Morgan fingerprint density at radius 2 is 1.67 bits per heavy atom. The van der Waals surface area contributed by atoms with Crippen molar-refractivity contribution in [1.29, 1.82) is 5.26 Å². The van der Waals surface area contributed by atoms with Crippen LogP contribution < -0.4 is 4.90 Å². The first-order valence-corrected chi connectivity index (χ1v) is 14.7. The van der Waals surface area contributed by atoms with Gasteiger partial charge in [-0.15, -0.1) is 11.3 Å². The monoisotopic (exact) mass is 562 g/mol. The second-order valence-electron chi connectivity index (χ2n) is 11.3. The number of pyridine rings is 1. The highest BCUT2D eigenvalue weighted by atomic mass is 32.1. The molecule has 0 atom stereocenters. The number of hydrogen-bond donors (Lipinski definition) is 0. The maximum absolute atomic E-state index is 9.01. The van der Waals surface area contributed by atoms with Crippen molar-refractivity contribution < 1.29 is 0 Å². The summed E-state index contributed by atoms with van der Waals surface area (Å²) < 4.78 is 0. The lowest BCUT2D eigenvalue weighted by Crippen LogP contribution is -2.17. The van der Waals surface area contributed by atoms with Crippen LogP contribution in [0.25, 0.3) is 32.3 Å². The Hall–Kier alpha value is -4.97. The summed E-state index contributed by atoms with van der Waals surface area (Å²) in [5.41, 5.74) is 10.4. The zero-order chi connectivity index (χ0) is 29.6. The van der Waals surface area contributed by atoms with E-state index >= 15 is 0 Å². The number of nitriles is 1. The molecule has 0 saturated carbocycles. The van der Waals surface area contributed by atoms with Crippen LogP contribution in [0.3, 0.4) is 0 Å². The highest BCUT2D eigenvalue weighted by Gasteiger charge is 2.39. The molecule has 0 bridgehead atoms. The molecule has 2 heterocycles. The molecule has 0 aliphatic heterocycles. The summed E-state index contributed by atoms with van der Waals surface area (Å²) in [5, 5.41) is 11.4. The van der Waals surface area contributed by atoms with Gasteiger partial charge in [-0.25, -0.2) is 10.1 Å². The van der Waals surface area contributed by atoms with E-state index in [1.165, 1.54) is 43.5 Å². The molecule has 0 radical (unpaired) electrons. The molecule has 5 heteroatoms. The first-order valence-electron chi connectivity index (χ1n) is 13.9. The van der Waals surface area contributed by atoms with Crippen LogP contribution in [0.1, 0.15) is 46.5 Å². The van der Waals surface area contributed by atoms with Crippen molar-refractivity contribution in [2.24, 2.45) is 0 Å². The molecule has 1 aliphatic carbocycles. The average Bonchev–Trinajstić information content (AvgIpc) is 3.50. The van der Waals surface area contributed by atoms with Crippen LogP contribution in [0.2, 0.25) is 0 Å². The van der Waals surface area contributed by atoms with Crippen molar-refractivity contribution in [2.75, 3.05) is 4.90 Å². The van der Waals surface area contributed by atoms with Crippen LogP contribution in [-0.4, -0.2) is 4.98 Å². The fourth-order valence-electron chi connectivity index (χ4n) is 5.75. The van der Waals surface area contributed by atoms with Gasteiger partial charge in [0.2, 0.25) is 0 Å². The van der Waals surface area contributed by atoms with E-state index in [9.17, 15) is 0 Å². The van der Waals surface area contributed by atoms with E-state index in [2.05, 4.69) is 111 Å². The minimum absolute atomic E-state index is 0.0742. The van der Waals surface area contributed by atoms with E-state index < -0.39 is 0 Å². The number of anilines is 3. The van der Waals surface area contributed by atoms with Crippen LogP contribution in [0, 0.1) is 38.7 Å². The first kappa shape index (κ1) is 27.2. The number of benzene rings is 3. The second-order valence-corrected chi connectivity index (χ2v) is 12.4. The Labute approximate surface area is 251 Å². The van der Waals surface area contributed by atoms with Crippen molar-refractivity contribution in [2.45, 2.75) is 40.0 Å². The second kappa shape index (κ2) is 10.5. The van der Waals surface area contributed by atoms with Crippen LogP contribution in [0.5, 0.6) is 0 Å². The molecular weight excluding hydrogens is 533 g/mol. The van der Waals surface area contributed by atoms with Crippen LogP contribution in [0.4, 0.5) is 17.1 Å². The van der Waals surface area contributed by atoms with Gasteiger partial charge in [-0.1, -0.05) is 50.3 Å². The van der Waals surface area contributed by atoms with E-state index in [4.69, 9.17) is 16.8 Å². The van der Waals surface area contributed by atoms with Crippen molar-refractivity contribution >= 4 is 45.2 Å². The molecule has 2 aromatic heterocycles. The Bertz CT molecular complexity index is 1990. The number of hydrogen-bond acceptors (Lipinski definition) is 4. The third kappa shape index (κ3) is 4.59. The highest BCUT2D eigenvalue weighted by Crippen LogP contribution is 2.53. The molecule has 0 saturated heterocycles. The minimum Gasteiger partial charge on any atom is -0.309 e. The van der Waals surface area contributed by atoms with Crippen molar-refractivity contribution in [3.8, 4) is 16.6 Å². The summed E-state index contributed by atoms with van der Waals surface area (Å²) in [7, 11) is 0. The topological polar surface area (TPSA) is 44.3 Å². The van der Waals surface area contributed by atoms with E-state index in [1.54, 1.807) is 23.5 Å². The van der Waals surface area contributed by atoms with E-state index in [0.717, 1.165) is 27.6 Å². The lowest BCUT2D eigenvalue weighted by Gasteiger charge is -2.28. The van der Waals surface area contributed by atoms with Gasteiger partial charge in [-0.2, -0.15) is 0 Å². The van der Waals surface area contributed by atoms with Gasteiger partial charge in [0.1, 0.15) is 0 Å². The number of aromatic nitrogens is 1. The molecule has 0 fully saturated rings. The zero-order valence-corrected chi connectivity index (χ0v) is 25.2. The van der Waals surface area contributed by atoms with Gasteiger partial charge in [-0.3, -0.25) is 4.98 Å². The summed E-state index contributed by atoms with van der Waals surface area (Å²) >= 11 is 1.70. The molecule has 0 amide bonds. The fourth-order valence-corrected chi connectivity index (χ4v) is 6.99. The molecule has 4 nitrogen and oxygen atoms in total. The first-order chi connectivity index (χ1) is 20.2. The lowest BCUT2D eigenvalue weighted by atomic mass is 9.83. The van der Waals surface area contributed by atoms with Crippen molar-refractivity contribution in [3.63, 3.8) is 0 Å². The average molecular weight is 563 g/mol. The molecule has 0 unspecified atom stereocenters. The Balaban J connectivity index is 1.47. The van der Waals surface area contributed by atoms with Gasteiger partial charge in [0.15, 0.2) is 0 Å². The third-order valence-corrected chi connectivity index (χ3v) is 9.46. The van der Waals surface area contributed by atoms with Gasteiger partial charge in [0.25, 0.3) is 5.70 Å². The van der Waals surface area contributed by atoms with E-state index in [1.807, 2.05) is 18.3 Å². The molecule has 42 heavy (non-hydrogen) atoms. The Morgan fingerprint density at radius 3 is 2.38 bits per heavy atom. The van der Waals surface area contributed by atoms with E-state index in [0.29, 0.717) is 0 Å². The van der Waals surface area contributed by atoms with Gasteiger partial charge in [-0.05, 0) is 108 Å². The smallest absolute Gasteiger partial charge is 0.261 e. The number of aryl methyl sites for hydroxylation is 2. The molecule has 204 valence electrons. The highest BCUT2D eigenvalue weighted by molar-refractivity contribution is 7.16. The fraction of sp³-hybridized carbons (Fsp3) is 0.162. The normalized spacial score (nSPS) is 13.5. The van der Waals surface area contributed by atoms with E-state index in [-0.39, 0.29) is 11.1 Å². The van der Waals surface area contributed by atoms with Crippen LogP contribution >= 0.6 is 11.3 Å². The largest absolute Gasteiger partial charge is 0.309 e. The summed E-state index contributed by atoms with van der Waals surface area (Å²) in [4.78, 5) is 12.9. The molecule has 0 spiro atoms. The maximum atomic E-state index is 9.01. The lowest BCUT2D eigenvalue weighted by molar-refractivity contribution is 0.660. The van der Waals surface area contributed by atoms with Crippen LogP contribution in [-0.2, 0) is 5.41 Å². The Morgan fingerprint density at radius 1 is 0.929 bits per heavy atom. The summed E-state index contributed by atoms with van der Waals surface area (Å²) in [6, 6.07) is 26.1. The third-order valence-electron chi connectivity index (χ3n) is 8.36. The number of allylic oxidation sites excluding steroid dienone is 3. The molecule has 5 aromatic rings. The van der Waals surface area contributed by atoms with Gasteiger partial charge >= 0.3 is 0 Å². The van der Waals surface area contributed by atoms with Gasteiger partial charge in [0.05, 0.1) is 35.1 Å². The summed E-state index contributed by atoms with van der Waals surface area (Å²) in [5.74, 6) is 0. The molecule has 6 rings (SSSR count). The van der Waals surface area contributed by atoms with Gasteiger partial charge in [0, 0.05) is 21.7 Å². The van der Waals surface area contributed by atoms with Crippen LogP contribution in [0.15, 0.2) is 90.8 Å². The quantitative estimate of drug-likeness (QED) is 0.122. The number of fused-ring (bicyclic) bond motifs is 4. The predicted octanol–water partition coefficient (Wildman–Crippen LogP) is 10.3. The number of rotatable bonds is 5. The molecule has 0 N–H and O–H groups in total. The minimum atomic E-state index is -0.228. The Kier molecular flexibility index (Phi) is 6.77. The predicted molar refractivity (Wildman–Crippen MR) is 175 cm³/mol. The summed E-state index contributed by atoms with van der Waals surface area (Å²) in [6.45, 7) is 18.1. The molecule has 1 aliphatic rings. The number of nitrogens with zero attached hydrogens (tertiary/aromatic N) is 4. The molecule has 3 aromatic carbocycles. The molecular formula is C37H30N4S.